The van der Waals surface area contributed by atoms with Crippen LogP contribution in [-0.2, 0) is 13.2 Å². The molecule has 32 heavy (non-hydrogen) atoms. The van der Waals surface area contributed by atoms with Crippen LogP contribution in [0.4, 0.5) is 4.39 Å². The van der Waals surface area contributed by atoms with Crippen molar-refractivity contribution in [3.8, 4) is 17.4 Å². The van der Waals surface area contributed by atoms with Crippen molar-refractivity contribution in [2.45, 2.75) is 20.1 Å². The fourth-order valence-corrected chi connectivity index (χ4v) is 3.50. The van der Waals surface area contributed by atoms with Crippen molar-refractivity contribution in [3.63, 3.8) is 0 Å². The third-order valence-electron chi connectivity index (χ3n) is 4.47. The van der Waals surface area contributed by atoms with Crippen LogP contribution < -0.4 is 14.8 Å². The molecular weight excluding hydrogens is 429 g/mol. The highest BCUT2D eigenvalue weighted by atomic mass is 32.1. The molecular formula is C24H20FN3O3S. The molecule has 0 bridgehead atoms. The number of aryl methyl sites for hydroxylation is 1. The van der Waals surface area contributed by atoms with E-state index in [2.05, 4.69) is 15.3 Å². The molecule has 0 saturated heterocycles. The van der Waals surface area contributed by atoms with Crippen molar-refractivity contribution in [2.24, 2.45) is 0 Å². The monoisotopic (exact) mass is 449 g/mol. The first-order valence-electron chi connectivity index (χ1n) is 9.86. The summed E-state index contributed by atoms with van der Waals surface area (Å²) in [4.78, 5) is 21.1. The minimum Gasteiger partial charge on any atom is -0.487 e. The van der Waals surface area contributed by atoms with Gasteiger partial charge in [0.1, 0.15) is 23.9 Å². The van der Waals surface area contributed by atoms with E-state index in [1.54, 1.807) is 66.1 Å². The number of carbonyl (C=O) groups is 1. The molecule has 0 aliphatic carbocycles. The third kappa shape index (κ3) is 5.67. The predicted octanol–water partition coefficient (Wildman–Crippen LogP) is 5.29. The Morgan fingerprint density at radius 2 is 1.94 bits per heavy atom. The molecule has 2 heterocycles. The van der Waals surface area contributed by atoms with Crippen LogP contribution in [0.25, 0.3) is 0 Å². The average Bonchev–Trinajstić information content (AvgIpc) is 3.22. The summed E-state index contributed by atoms with van der Waals surface area (Å²) >= 11 is 1.58. The number of nitrogens with zero attached hydrogens (tertiary/aromatic N) is 2. The summed E-state index contributed by atoms with van der Waals surface area (Å²) in [6, 6.07) is 16.2. The van der Waals surface area contributed by atoms with Crippen molar-refractivity contribution in [1.29, 1.82) is 0 Å². The molecule has 4 aromatic rings. The van der Waals surface area contributed by atoms with Gasteiger partial charge in [0, 0.05) is 35.3 Å². The molecule has 0 aliphatic rings. The van der Waals surface area contributed by atoms with Gasteiger partial charge < -0.3 is 14.8 Å². The van der Waals surface area contributed by atoms with Gasteiger partial charge in [-0.1, -0.05) is 12.1 Å². The minimum absolute atomic E-state index is 0.207. The van der Waals surface area contributed by atoms with E-state index >= 15 is 0 Å². The smallest absolute Gasteiger partial charge is 0.251 e. The topological polar surface area (TPSA) is 73.3 Å². The van der Waals surface area contributed by atoms with Crippen LogP contribution in [-0.4, -0.2) is 15.9 Å². The van der Waals surface area contributed by atoms with Crippen molar-refractivity contribution >= 4 is 17.2 Å². The molecule has 0 atom stereocenters. The van der Waals surface area contributed by atoms with Gasteiger partial charge in [0.2, 0.25) is 5.88 Å². The minimum atomic E-state index is -0.401. The number of ether oxygens (including phenoxy) is 2. The summed E-state index contributed by atoms with van der Waals surface area (Å²) in [7, 11) is 0. The van der Waals surface area contributed by atoms with E-state index in [1.807, 2.05) is 12.3 Å². The van der Waals surface area contributed by atoms with E-state index in [-0.39, 0.29) is 12.5 Å². The molecule has 2 aromatic carbocycles. The number of amides is 1. The third-order valence-corrected chi connectivity index (χ3v) is 5.29. The van der Waals surface area contributed by atoms with Gasteiger partial charge in [0.25, 0.3) is 5.91 Å². The molecule has 0 unspecified atom stereocenters. The van der Waals surface area contributed by atoms with E-state index in [4.69, 9.17) is 9.47 Å². The molecule has 0 fully saturated rings. The van der Waals surface area contributed by atoms with E-state index in [9.17, 15) is 9.18 Å². The first-order chi connectivity index (χ1) is 15.6. The Morgan fingerprint density at radius 1 is 1.09 bits per heavy atom. The largest absolute Gasteiger partial charge is 0.487 e. The van der Waals surface area contributed by atoms with Gasteiger partial charge in [-0.3, -0.25) is 4.79 Å². The lowest BCUT2D eigenvalue weighted by atomic mass is 10.2. The summed E-state index contributed by atoms with van der Waals surface area (Å²) in [5, 5.41) is 5.80. The quantitative estimate of drug-likeness (QED) is 0.396. The van der Waals surface area contributed by atoms with Gasteiger partial charge in [0.15, 0.2) is 0 Å². The first kappa shape index (κ1) is 21.5. The lowest BCUT2D eigenvalue weighted by molar-refractivity contribution is 0.0950. The lowest BCUT2D eigenvalue weighted by Gasteiger charge is -2.11. The van der Waals surface area contributed by atoms with Crippen LogP contribution in [0.3, 0.4) is 0 Å². The average molecular weight is 450 g/mol. The Morgan fingerprint density at radius 3 is 2.69 bits per heavy atom. The Hall–Kier alpha value is -3.78. The Kier molecular flexibility index (Phi) is 6.72. The second-order valence-corrected chi connectivity index (χ2v) is 7.94. The van der Waals surface area contributed by atoms with Crippen LogP contribution in [0.5, 0.6) is 17.4 Å². The number of halogens is 1. The molecule has 8 heteroatoms. The first-order valence-corrected chi connectivity index (χ1v) is 10.7. The maximum atomic E-state index is 13.4. The Balaban J connectivity index is 1.34. The number of hydrogen-bond acceptors (Lipinski definition) is 6. The number of thiazole rings is 1. The van der Waals surface area contributed by atoms with Crippen molar-refractivity contribution in [3.05, 3.63) is 99.9 Å². The molecule has 1 amide bonds. The number of rotatable bonds is 8. The standard InChI is InChI=1S/C24H20FN3O3S/c1-16-28-20(15-32-16)14-30-21-9-7-17(8-10-21)23(29)27-13-18-4-3-11-26-24(18)31-22-6-2-5-19(25)12-22/h2-12,15H,13-14H2,1H3,(H,27,29). The number of carbonyl (C=O) groups excluding carboxylic acids is 1. The number of aromatic nitrogens is 2. The number of nitrogens with one attached hydrogen (secondary N) is 1. The number of benzene rings is 2. The van der Waals surface area contributed by atoms with Crippen LogP contribution in [0, 0.1) is 12.7 Å². The highest BCUT2D eigenvalue weighted by Gasteiger charge is 2.10. The molecule has 1 N–H and O–H groups in total. The van der Waals surface area contributed by atoms with Crippen molar-refractivity contribution in [2.75, 3.05) is 0 Å². The molecule has 6 nitrogen and oxygen atoms in total. The summed E-state index contributed by atoms with van der Waals surface area (Å²) in [5.74, 6) is 0.652. The zero-order chi connectivity index (χ0) is 22.3. The van der Waals surface area contributed by atoms with E-state index in [0.29, 0.717) is 35.1 Å². The van der Waals surface area contributed by atoms with E-state index in [1.165, 1.54) is 12.1 Å². The Labute approximate surface area is 188 Å². The van der Waals surface area contributed by atoms with Crippen LogP contribution >= 0.6 is 11.3 Å². The maximum Gasteiger partial charge on any atom is 0.251 e. The second-order valence-electron chi connectivity index (χ2n) is 6.88. The molecule has 162 valence electrons. The molecule has 2 aromatic heterocycles. The lowest BCUT2D eigenvalue weighted by Crippen LogP contribution is -2.23. The fraction of sp³-hybridized carbons (Fsp3) is 0.125. The predicted molar refractivity (Wildman–Crippen MR) is 120 cm³/mol. The van der Waals surface area contributed by atoms with Gasteiger partial charge in [-0.05, 0) is 49.4 Å². The zero-order valence-electron chi connectivity index (χ0n) is 17.2. The summed E-state index contributed by atoms with van der Waals surface area (Å²) in [6.45, 7) is 2.54. The highest BCUT2D eigenvalue weighted by Crippen LogP contribution is 2.23. The van der Waals surface area contributed by atoms with Gasteiger partial charge in [-0.15, -0.1) is 11.3 Å². The molecule has 4 rings (SSSR count). The van der Waals surface area contributed by atoms with Gasteiger partial charge in [0.05, 0.1) is 10.7 Å². The summed E-state index contributed by atoms with van der Waals surface area (Å²) < 4.78 is 24.8. The van der Waals surface area contributed by atoms with Crippen LogP contribution in [0.15, 0.2) is 72.2 Å². The molecule has 0 spiro atoms. The van der Waals surface area contributed by atoms with E-state index in [0.717, 1.165) is 10.7 Å². The van der Waals surface area contributed by atoms with E-state index < -0.39 is 5.82 Å². The molecule has 0 aliphatic heterocycles. The van der Waals surface area contributed by atoms with Crippen LogP contribution in [0.2, 0.25) is 0 Å². The number of pyridine rings is 1. The normalized spacial score (nSPS) is 10.6. The molecule has 0 radical (unpaired) electrons. The highest BCUT2D eigenvalue weighted by molar-refractivity contribution is 7.09. The second kappa shape index (κ2) is 10.0. The number of hydrogen-bond donors (Lipinski definition) is 1. The van der Waals surface area contributed by atoms with Gasteiger partial charge >= 0.3 is 0 Å². The van der Waals surface area contributed by atoms with Crippen LogP contribution in [0.1, 0.15) is 26.6 Å². The maximum absolute atomic E-state index is 13.4. The van der Waals surface area contributed by atoms with Gasteiger partial charge in [-0.2, -0.15) is 0 Å². The SMILES string of the molecule is Cc1nc(COc2ccc(C(=O)NCc3cccnc3Oc3cccc(F)c3)cc2)cs1. The summed E-state index contributed by atoms with van der Waals surface area (Å²) in [6.07, 6.45) is 1.58. The van der Waals surface area contributed by atoms with Crippen molar-refractivity contribution in [1.82, 2.24) is 15.3 Å². The van der Waals surface area contributed by atoms with Crippen molar-refractivity contribution < 1.29 is 18.7 Å². The zero-order valence-corrected chi connectivity index (χ0v) is 18.1. The molecule has 0 saturated carbocycles. The Bertz CT molecular complexity index is 1210. The fourth-order valence-electron chi connectivity index (χ4n) is 2.90. The summed E-state index contributed by atoms with van der Waals surface area (Å²) in [5.41, 5.74) is 2.05. The van der Waals surface area contributed by atoms with Gasteiger partial charge in [-0.25, -0.2) is 14.4 Å².